The van der Waals surface area contributed by atoms with Gasteiger partial charge in [-0.3, -0.25) is 5.41 Å². The van der Waals surface area contributed by atoms with E-state index < -0.39 is 0 Å². The summed E-state index contributed by atoms with van der Waals surface area (Å²) in [6.45, 7) is 8.59. The van der Waals surface area contributed by atoms with Gasteiger partial charge in [-0.2, -0.15) is 11.8 Å². The van der Waals surface area contributed by atoms with Gasteiger partial charge in [0.15, 0.2) is 0 Å². The molecule has 0 aromatic carbocycles. The molecule has 0 saturated carbocycles. The van der Waals surface area contributed by atoms with Crippen LogP contribution in [0.5, 0.6) is 0 Å². The summed E-state index contributed by atoms with van der Waals surface area (Å²) in [7, 11) is 0. The van der Waals surface area contributed by atoms with Gasteiger partial charge in [-0.25, -0.2) is 0 Å². The van der Waals surface area contributed by atoms with Crippen LogP contribution in [0.15, 0.2) is 0 Å². The Balaban J connectivity index is 3.59. The number of hydrogen-bond acceptors (Lipinski definition) is 2. The number of rotatable bonds is 7. The van der Waals surface area contributed by atoms with Crippen molar-refractivity contribution in [1.82, 2.24) is 0 Å². The standard InChI is InChI=1S/C11H24N2S/c1-5-9(2)8-14-7-6-11(3,4)10(12)13/h9H,5-8H2,1-4H3,(H3,12,13). The molecule has 3 heteroatoms. The molecule has 84 valence electrons. The normalized spacial score (nSPS) is 14.0. The quantitative estimate of drug-likeness (QED) is 0.390. The Kier molecular flexibility index (Phi) is 6.25. The lowest BCUT2D eigenvalue weighted by Crippen LogP contribution is -2.31. The third kappa shape index (κ3) is 5.53. The topological polar surface area (TPSA) is 49.9 Å². The van der Waals surface area contributed by atoms with E-state index in [0.717, 1.165) is 18.1 Å². The molecule has 0 heterocycles. The fourth-order valence-corrected chi connectivity index (χ4v) is 2.32. The molecule has 0 radical (unpaired) electrons. The van der Waals surface area contributed by atoms with Crippen molar-refractivity contribution in [3.63, 3.8) is 0 Å². The molecule has 0 aromatic heterocycles. The summed E-state index contributed by atoms with van der Waals surface area (Å²) < 4.78 is 0. The van der Waals surface area contributed by atoms with Crippen LogP contribution in [-0.2, 0) is 0 Å². The summed E-state index contributed by atoms with van der Waals surface area (Å²) in [5, 5.41) is 7.42. The number of thioether (sulfide) groups is 1. The fraction of sp³-hybridized carbons (Fsp3) is 0.909. The molecule has 2 nitrogen and oxygen atoms in total. The van der Waals surface area contributed by atoms with Crippen LogP contribution in [0.2, 0.25) is 0 Å². The van der Waals surface area contributed by atoms with Gasteiger partial charge in [0.1, 0.15) is 0 Å². The second-order valence-electron chi connectivity index (χ2n) is 4.64. The molecule has 0 aliphatic heterocycles. The van der Waals surface area contributed by atoms with Gasteiger partial charge in [-0.15, -0.1) is 0 Å². The molecule has 3 N–H and O–H groups in total. The highest BCUT2D eigenvalue weighted by molar-refractivity contribution is 7.99. The number of amidine groups is 1. The van der Waals surface area contributed by atoms with E-state index in [0.29, 0.717) is 5.84 Å². The van der Waals surface area contributed by atoms with Crippen molar-refractivity contribution >= 4 is 17.6 Å². The van der Waals surface area contributed by atoms with Crippen LogP contribution >= 0.6 is 11.8 Å². The molecule has 14 heavy (non-hydrogen) atoms. The maximum atomic E-state index is 7.42. The minimum Gasteiger partial charge on any atom is -0.387 e. The van der Waals surface area contributed by atoms with Crippen molar-refractivity contribution in [3.8, 4) is 0 Å². The molecule has 1 unspecified atom stereocenters. The lowest BCUT2D eigenvalue weighted by Gasteiger charge is -2.22. The molecule has 0 fully saturated rings. The van der Waals surface area contributed by atoms with E-state index in [1.165, 1.54) is 12.2 Å². The zero-order valence-corrected chi connectivity index (χ0v) is 10.7. The van der Waals surface area contributed by atoms with Crippen LogP contribution in [0.1, 0.15) is 40.5 Å². The molecule has 0 aliphatic carbocycles. The van der Waals surface area contributed by atoms with Crippen molar-refractivity contribution in [2.24, 2.45) is 17.1 Å². The van der Waals surface area contributed by atoms with Crippen molar-refractivity contribution in [3.05, 3.63) is 0 Å². The zero-order valence-electron chi connectivity index (χ0n) is 9.89. The van der Waals surface area contributed by atoms with E-state index in [4.69, 9.17) is 11.1 Å². The van der Waals surface area contributed by atoms with Gasteiger partial charge >= 0.3 is 0 Å². The van der Waals surface area contributed by atoms with Crippen molar-refractivity contribution in [2.45, 2.75) is 40.5 Å². The Labute approximate surface area is 92.5 Å². The largest absolute Gasteiger partial charge is 0.387 e. The first-order valence-electron chi connectivity index (χ1n) is 5.32. The molecular formula is C11H24N2S. The molecule has 0 aromatic rings. The third-order valence-electron chi connectivity index (χ3n) is 2.70. The Morgan fingerprint density at radius 3 is 2.50 bits per heavy atom. The maximum Gasteiger partial charge on any atom is 0.0963 e. The number of nitrogens with one attached hydrogen (secondary N) is 1. The van der Waals surface area contributed by atoms with E-state index in [1.54, 1.807) is 0 Å². The van der Waals surface area contributed by atoms with Crippen LogP contribution in [0.4, 0.5) is 0 Å². The highest BCUT2D eigenvalue weighted by atomic mass is 32.2. The van der Waals surface area contributed by atoms with Crippen LogP contribution in [0.3, 0.4) is 0 Å². The van der Waals surface area contributed by atoms with Gasteiger partial charge in [0.05, 0.1) is 5.84 Å². The first-order valence-corrected chi connectivity index (χ1v) is 6.48. The van der Waals surface area contributed by atoms with E-state index >= 15 is 0 Å². The third-order valence-corrected chi connectivity index (χ3v) is 4.00. The minimum atomic E-state index is -0.123. The summed E-state index contributed by atoms with van der Waals surface area (Å²) >= 11 is 1.98. The summed E-state index contributed by atoms with van der Waals surface area (Å²) in [4.78, 5) is 0. The second kappa shape index (κ2) is 6.33. The van der Waals surface area contributed by atoms with Crippen molar-refractivity contribution in [2.75, 3.05) is 11.5 Å². The monoisotopic (exact) mass is 216 g/mol. The van der Waals surface area contributed by atoms with Crippen molar-refractivity contribution in [1.29, 1.82) is 5.41 Å². The number of hydrogen-bond donors (Lipinski definition) is 2. The van der Waals surface area contributed by atoms with E-state index in [2.05, 4.69) is 13.8 Å². The van der Waals surface area contributed by atoms with Gasteiger partial charge in [0.25, 0.3) is 0 Å². The lowest BCUT2D eigenvalue weighted by atomic mass is 9.89. The lowest BCUT2D eigenvalue weighted by molar-refractivity contribution is 0.499. The van der Waals surface area contributed by atoms with Crippen LogP contribution in [-0.4, -0.2) is 17.3 Å². The van der Waals surface area contributed by atoms with E-state index in [-0.39, 0.29) is 5.41 Å². The molecule has 0 bridgehead atoms. The minimum absolute atomic E-state index is 0.123. The fourth-order valence-electron chi connectivity index (χ4n) is 0.864. The van der Waals surface area contributed by atoms with Gasteiger partial charge in [0.2, 0.25) is 0 Å². The maximum absolute atomic E-state index is 7.42. The van der Waals surface area contributed by atoms with Crippen molar-refractivity contribution < 1.29 is 0 Å². The van der Waals surface area contributed by atoms with Gasteiger partial charge in [0, 0.05) is 5.41 Å². The molecule has 0 amide bonds. The Morgan fingerprint density at radius 1 is 1.50 bits per heavy atom. The average molecular weight is 216 g/mol. The van der Waals surface area contributed by atoms with Crippen LogP contribution in [0.25, 0.3) is 0 Å². The Morgan fingerprint density at radius 2 is 2.07 bits per heavy atom. The van der Waals surface area contributed by atoms with Crippen LogP contribution < -0.4 is 5.73 Å². The SMILES string of the molecule is CCC(C)CSCCC(C)(C)C(=N)N. The van der Waals surface area contributed by atoms with Gasteiger partial charge < -0.3 is 5.73 Å². The summed E-state index contributed by atoms with van der Waals surface area (Å²) in [6.07, 6.45) is 2.26. The van der Waals surface area contributed by atoms with E-state index in [1.807, 2.05) is 25.6 Å². The first kappa shape index (κ1) is 13.8. The molecule has 0 spiro atoms. The Bertz CT molecular complexity index is 178. The highest BCUT2D eigenvalue weighted by Crippen LogP contribution is 2.23. The van der Waals surface area contributed by atoms with E-state index in [9.17, 15) is 0 Å². The number of nitrogens with two attached hydrogens (primary N) is 1. The van der Waals surface area contributed by atoms with Gasteiger partial charge in [-0.05, 0) is 23.8 Å². The summed E-state index contributed by atoms with van der Waals surface area (Å²) in [6, 6.07) is 0. The second-order valence-corrected chi connectivity index (χ2v) is 5.79. The van der Waals surface area contributed by atoms with Gasteiger partial charge in [-0.1, -0.05) is 34.1 Å². The Hall–Kier alpha value is -0.180. The summed E-state index contributed by atoms with van der Waals surface area (Å²) in [5.41, 5.74) is 5.39. The van der Waals surface area contributed by atoms with Crippen LogP contribution in [0, 0.1) is 16.7 Å². The smallest absolute Gasteiger partial charge is 0.0963 e. The molecule has 0 aliphatic rings. The molecule has 1 atom stereocenters. The predicted molar refractivity (Wildman–Crippen MR) is 67.1 cm³/mol. The molecule has 0 saturated heterocycles. The highest BCUT2D eigenvalue weighted by Gasteiger charge is 2.20. The zero-order chi connectivity index (χ0) is 11.2. The average Bonchev–Trinajstić information content (AvgIpc) is 2.11. The molecule has 0 rings (SSSR count). The first-order chi connectivity index (χ1) is 6.40. The molecular weight excluding hydrogens is 192 g/mol. The summed E-state index contributed by atoms with van der Waals surface area (Å²) in [5.74, 6) is 3.45. The predicted octanol–water partition coefficient (Wildman–Crippen LogP) is 3.12.